The van der Waals surface area contributed by atoms with E-state index in [-0.39, 0.29) is 29.6 Å². The molecule has 0 saturated carbocycles. The average molecular weight is 320 g/mol. The average Bonchev–Trinajstić information content (AvgIpc) is 2.37. The lowest BCUT2D eigenvalue weighted by atomic mass is 10.1. The van der Waals surface area contributed by atoms with Gasteiger partial charge in [0.2, 0.25) is 9.05 Å². The van der Waals surface area contributed by atoms with Gasteiger partial charge in [-0.05, 0) is 37.0 Å². The molecule has 0 N–H and O–H groups in total. The molecule has 0 bridgehead atoms. The summed E-state index contributed by atoms with van der Waals surface area (Å²) in [5, 5.41) is 8.61. The van der Waals surface area contributed by atoms with Crippen LogP contribution in [0.15, 0.2) is 18.2 Å². The minimum Gasteiger partial charge on any atom is -0.491 e. The molecule has 0 spiro atoms. The molecular weight excluding hydrogens is 305 g/mol. The first kappa shape index (κ1) is 16.7. The number of rotatable bonds is 7. The van der Waals surface area contributed by atoms with Crippen molar-refractivity contribution in [3.63, 3.8) is 0 Å². The Kier molecular flexibility index (Phi) is 6.24. The zero-order chi connectivity index (χ0) is 15.2. The van der Waals surface area contributed by atoms with Crippen molar-refractivity contribution in [1.82, 2.24) is 0 Å². The van der Waals surface area contributed by atoms with Crippen molar-refractivity contribution in [2.75, 3.05) is 12.4 Å². The van der Waals surface area contributed by atoms with Crippen molar-refractivity contribution in [3.05, 3.63) is 29.6 Å². The molecule has 0 aliphatic rings. The standard InChI is InChI=1S/C13H15ClFNO3S/c1-10(5-7-20(14,17)18)4-6-19-13-3-2-11(9-16)8-12(13)15/h2-3,8,10H,4-7H2,1H3. The summed E-state index contributed by atoms with van der Waals surface area (Å²) >= 11 is 0. The van der Waals surface area contributed by atoms with E-state index in [1.807, 2.05) is 13.0 Å². The maximum Gasteiger partial charge on any atom is 0.232 e. The molecule has 4 nitrogen and oxygen atoms in total. The summed E-state index contributed by atoms with van der Waals surface area (Å²) in [4.78, 5) is 0. The molecule has 7 heteroatoms. The molecule has 0 fully saturated rings. The van der Waals surface area contributed by atoms with Crippen LogP contribution in [0.4, 0.5) is 4.39 Å². The second-order valence-electron chi connectivity index (χ2n) is 4.53. The summed E-state index contributed by atoms with van der Waals surface area (Å²) < 4.78 is 40.4. The number of nitrogens with zero attached hydrogens (tertiary/aromatic N) is 1. The van der Waals surface area contributed by atoms with E-state index in [1.54, 1.807) is 0 Å². The van der Waals surface area contributed by atoms with Gasteiger partial charge in [0.1, 0.15) is 0 Å². The van der Waals surface area contributed by atoms with Crippen LogP contribution >= 0.6 is 10.7 Å². The molecule has 1 aromatic rings. The van der Waals surface area contributed by atoms with Gasteiger partial charge in [0, 0.05) is 10.7 Å². The Morgan fingerprint density at radius 2 is 2.15 bits per heavy atom. The number of nitriles is 1. The minimum atomic E-state index is -3.47. The fourth-order valence-corrected chi connectivity index (χ4v) is 2.49. The highest BCUT2D eigenvalue weighted by atomic mass is 35.7. The van der Waals surface area contributed by atoms with E-state index in [9.17, 15) is 12.8 Å². The van der Waals surface area contributed by atoms with Gasteiger partial charge in [-0.2, -0.15) is 5.26 Å². The number of halogens is 2. The molecule has 0 aliphatic heterocycles. The molecule has 0 saturated heterocycles. The summed E-state index contributed by atoms with van der Waals surface area (Å²) in [5.41, 5.74) is 0.232. The number of ether oxygens (including phenoxy) is 1. The molecule has 0 aliphatic carbocycles. The second kappa shape index (κ2) is 7.46. The molecule has 0 amide bonds. The molecule has 1 rings (SSSR count). The lowest BCUT2D eigenvalue weighted by Crippen LogP contribution is -2.09. The van der Waals surface area contributed by atoms with Crippen LogP contribution in [0, 0.1) is 23.1 Å². The predicted molar refractivity (Wildman–Crippen MR) is 74.6 cm³/mol. The summed E-state index contributed by atoms with van der Waals surface area (Å²) in [5.74, 6) is -0.479. The van der Waals surface area contributed by atoms with Crippen LogP contribution in [0.2, 0.25) is 0 Å². The van der Waals surface area contributed by atoms with E-state index < -0.39 is 14.9 Å². The summed E-state index contributed by atoms with van der Waals surface area (Å²) in [6, 6.07) is 5.82. The summed E-state index contributed by atoms with van der Waals surface area (Å²) in [7, 11) is 1.65. The summed E-state index contributed by atoms with van der Waals surface area (Å²) in [6.45, 7) is 2.15. The Morgan fingerprint density at radius 3 is 2.70 bits per heavy atom. The largest absolute Gasteiger partial charge is 0.491 e. The minimum absolute atomic E-state index is 0.0824. The van der Waals surface area contributed by atoms with Gasteiger partial charge in [0.25, 0.3) is 0 Å². The fraction of sp³-hybridized carbons (Fsp3) is 0.462. The Bertz CT molecular complexity index is 598. The van der Waals surface area contributed by atoms with Crippen molar-refractivity contribution in [3.8, 4) is 11.8 Å². The molecule has 20 heavy (non-hydrogen) atoms. The maximum absolute atomic E-state index is 13.5. The SMILES string of the molecule is CC(CCOc1ccc(C#N)cc1F)CCS(=O)(=O)Cl. The van der Waals surface area contributed by atoms with E-state index in [0.29, 0.717) is 12.8 Å². The molecule has 1 aromatic carbocycles. The highest BCUT2D eigenvalue weighted by Crippen LogP contribution is 2.19. The fourth-order valence-electron chi connectivity index (χ4n) is 1.54. The van der Waals surface area contributed by atoms with E-state index in [1.165, 1.54) is 12.1 Å². The van der Waals surface area contributed by atoms with Crippen molar-refractivity contribution in [1.29, 1.82) is 5.26 Å². The van der Waals surface area contributed by atoms with Gasteiger partial charge in [0.05, 0.1) is 24.0 Å². The smallest absolute Gasteiger partial charge is 0.232 e. The van der Waals surface area contributed by atoms with Gasteiger partial charge in [-0.3, -0.25) is 0 Å². The predicted octanol–water partition coefficient (Wildman–Crippen LogP) is 3.06. The lowest BCUT2D eigenvalue weighted by molar-refractivity contribution is 0.270. The first-order chi connectivity index (χ1) is 9.31. The maximum atomic E-state index is 13.5. The van der Waals surface area contributed by atoms with Gasteiger partial charge in [0.15, 0.2) is 11.6 Å². The molecule has 0 aromatic heterocycles. The lowest BCUT2D eigenvalue weighted by Gasteiger charge is -2.12. The quantitative estimate of drug-likeness (QED) is 0.724. The highest BCUT2D eigenvalue weighted by molar-refractivity contribution is 8.13. The van der Waals surface area contributed by atoms with Crippen LogP contribution in [0.5, 0.6) is 5.75 Å². The van der Waals surface area contributed by atoms with Crippen LogP contribution in [-0.4, -0.2) is 20.8 Å². The van der Waals surface area contributed by atoms with Gasteiger partial charge < -0.3 is 4.74 Å². The van der Waals surface area contributed by atoms with Gasteiger partial charge >= 0.3 is 0 Å². The zero-order valence-electron chi connectivity index (χ0n) is 11.0. The van der Waals surface area contributed by atoms with Crippen molar-refractivity contribution in [2.45, 2.75) is 19.8 Å². The van der Waals surface area contributed by atoms with Crippen molar-refractivity contribution >= 4 is 19.7 Å². The normalized spacial score (nSPS) is 12.7. The molecule has 110 valence electrons. The Balaban J connectivity index is 2.39. The zero-order valence-corrected chi connectivity index (χ0v) is 12.5. The molecule has 1 atom stereocenters. The van der Waals surface area contributed by atoms with Crippen LogP contribution in [-0.2, 0) is 9.05 Å². The van der Waals surface area contributed by atoms with Gasteiger partial charge in [-0.25, -0.2) is 12.8 Å². The van der Waals surface area contributed by atoms with Crippen molar-refractivity contribution < 1.29 is 17.5 Å². The first-order valence-electron chi connectivity index (χ1n) is 6.06. The van der Waals surface area contributed by atoms with Crippen LogP contribution in [0.3, 0.4) is 0 Å². The number of benzene rings is 1. The van der Waals surface area contributed by atoms with E-state index in [0.717, 1.165) is 6.07 Å². The summed E-state index contributed by atoms with van der Waals surface area (Å²) in [6.07, 6.45) is 1.02. The van der Waals surface area contributed by atoms with Crippen LogP contribution < -0.4 is 4.74 Å². The van der Waals surface area contributed by atoms with Crippen LogP contribution in [0.1, 0.15) is 25.3 Å². The van der Waals surface area contributed by atoms with Gasteiger partial charge in [-0.15, -0.1) is 0 Å². The van der Waals surface area contributed by atoms with Crippen molar-refractivity contribution in [2.24, 2.45) is 5.92 Å². The third-order valence-electron chi connectivity index (χ3n) is 2.78. The Hall–Kier alpha value is -1.32. The Morgan fingerprint density at radius 1 is 1.45 bits per heavy atom. The molecule has 0 heterocycles. The molecular formula is C13H15ClFNO3S. The number of hydrogen-bond acceptors (Lipinski definition) is 4. The number of hydrogen-bond donors (Lipinski definition) is 0. The first-order valence-corrected chi connectivity index (χ1v) is 8.54. The molecule has 1 unspecified atom stereocenters. The Labute approximate surface area is 122 Å². The van der Waals surface area contributed by atoms with E-state index in [2.05, 4.69) is 0 Å². The van der Waals surface area contributed by atoms with E-state index >= 15 is 0 Å². The molecule has 0 radical (unpaired) electrons. The highest BCUT2D eigenvalue weighted by Gasteiger charge is 2.10. The monoisotopic (exact) mass is 319 g/mol. The van der Waals surface area contributed by atoms with E-state index in [4.69, 9.17) is 20.7 Å². The third kappa shape index (κ3) is 6.22. The van der Waals surface area contributed by atoms with Gasteiger partial charge in [-0.1, -0.05) is 6.92 Å². The topological polar surface area (TPSA) is 67.2 Å². The third-order valence-corrected chi connectivity index (χ3v) is 3.97. The van der Waals surface area contributed by atoms with Crippen LogP contribution in [0.25, 0.3) is 0 Å². The second-order valence-corrected chi connectivity index (χ2v) is 7.43.